The zero-order valence-corrected chi connectivity index (χ0v) is 10.2. The zero-order chi connectivity index (χ0) is 11.9. The Bertz CT molecular complexity index is 385. The van der Waals surface area contributed by atoms with Gasteiger partial charge in [0.2, 0.25) is 0 Å². The van der Waals surface area contributed by atoms with Crippen molar-refractivity contribution in [3.63, 3.8) is 0 Å². The van der Waals surface area contributed by atoms with E-state index in [1.807, 2.05) is 11.8 Å². The lowest BCUT2D eigenvalue weighted by atomic mass is 9.81. The van der Waals surface area contributed by atoms with Crippen molar-refractivity contribution in [2.75, 3.05) is 13.1 Å². The summed E-state index contributed by atoms with van der Waals surface area (Å²) in [4.78, 5) is 12.4. The Labute approximate surface area is 104 Å². The van der Waals surface area contributed by atoms with Gasteiger partial charge in [-0.2, -0.15) is 0 Å². The molecule has 1 N–H and O–H groups in total. The molecular formula is C12H15NO3S. The number of nitrogens with zero attached hydrogens (tertiary/aromatic N) is 1. The maximum atomic E-state index is 10.9. The minimum Gasteiger partial charge on any atom is -0.494 e. The van der Waals surface area contributed by atoms with E-state index < -0.39 is 6.09 Å². The monoisotopic (exact) mass is 253 g/mol. The molecule has 1 spiro atoms. The Balaban J connectivity index is 1.76. The summed E-state index contributed by atoms with van der Waals surface area (Å²) in [6, 6.07) is 0. The first-order valence-electron chi connectivity index (χ1n) is 5.86. The number of amides is 1. The SMILES string of the molecule is O=C(O)N1CCC2(CC1)OC=CC1C=CSC12. The van der Waals surface area contributed by atoms with Gasteiger partial charge in [0.05, 0.1) is 11.5 Å². The van der Waals surface area contributed by atoms with Gasteiger partial charge >= 0.3 is 6.09 Å². The molecule has 1 saturated heterocycles. The molecule has 0 aliphatic carbocycles. The lowest BCUT2D eigenvalue weighted by molar-refractivity contribution is -0.0424. The summed E-state index contributed by atoms with van der Waals surface area (Å²) in [5.41, 5.74) is -0.167. The van der Waals surface area contributed by atoms with Crippen LogP contribution in [0.4, 0.5) is 4.79 Å². The van der Waals surface area contributed by atoms with E-state index in [4.69, 9.17) is 9.84 Å². The summed E-state index contributed by atoms with van der Waals surface area (Å²) in [5.74, 6) is 0.449. The molecule has 0 radical (unpaired) electrons. The van der Waals surface area contributed by atoms with Crippen molar-refractivity contribution in [3.8, 4) is 0 Å². The van der Waals surface area contributed by atoms with Gasteiger partial charge in [0.25, 0.3) is 0 Å². The second-order valence-corrected chi connectivity index (χ2v) is 5.80. The van der Waals surface area contributed by atoms with Crippen LogP contribution in [-0.4, -0.2) is 40.0 Å². The molecule has 0 aromatic carbocycles. The molecule has 3 aliphatic rings. The number of likely N-dealkylation sites (tertiary alicyclic amines) is 1. The van der Waals surface area contributed by atoms with Crippen molar-refractivity contribution in [2.45, 2.75) is 23.7 Å². The Kier molecular flexibility index (Phi) is 2.58. The standard InChI is InChI=1S/C12H15NO3S/c14-11(15)13-5-3-12(4-6-13)10-9(1-7-16-12)2-8-17-10/h1-2,7-10H,3-6H2,(H,14,15). The molecule has 1 amide bonds. The van der Waals surface area contributed by atoms with Gasteiger partial charge in [-0.1, -0.05) is 6.08 Å². The largest absolute Gasteiger partial charge is 0.494 e. The molecule has 1 fully saturated rings. The summed E-state index contributed by atoms with van der Waals surface area (Å²) in [6.07, 6.45) is 6.86. The highest BCUT2D eigenvalue weighted by Gasteiger charge is 2.49. The molecule has 0 aromatic rings. The van der Waals surface area contributed by atoms with Crippen LogP contribution in [0, 0.1) is 5.92 Å². The molecule has 2 atom stereocenters. The molecule has 0 bridgehead atoms. The molecule has 0 saturated carbocycles. The van der Waals surface area contributed by atoms with E-state index in [-0.39, 0.29) is 5.60 Å². The van der Waals surface area contributed by atoms with Gasteiger partial charge < -0.3 is 14.7 Å². The van der Waals surface area contributed by atoms with E-state index in [2.05, 4.69) is 17.6 Å². The fraction of sp³-hybridized carbons (Fsp3) is 0.583. The second kappa shape index (κ2) is 3.98. The number of piperidine rings is 1. The molecule has 3 aliphatic heterocycles. The third-order valence-electron chi connectivity index (χ3n) is 3.88. The third kappa shape index (κ3) is 1.73. The number of thioether (sulfide) groups is 1. The van der Waals surface area contributed by atoms with E-state index in [0.717, 1.165) is 12.8 Å². The summed E-state index contributed by atoms with van der Waals surface area (Å²) in [7, 11) is 0. The van der Waals surface area contributed by atoms with Crippen LogP contribution < -0.4 is 0 Å². The Morgan fingerprint density at radius 3 is 2.88 bits per heavy atom. The molecule has 17 heavy (non-hydrogen) atoms. The number of ether oxygens (including phenoxy) is 1. The highest BCUT2D eigenvalue weighted by molar-refractivity contribution is 8.03. The fourth-order valence-corrected chi connectivity index (χ4v) is 4.21. The molecule has 5 heteroatoms. The summed E-state index contributed by atoms with van der Waals surface area (Å²) in [6.45, 7) is 1.15. The lowest BCUT2D eigenvalue weighted by Gasteiger charge is -2.46. The minimum absolute atomic E-state index is 0.167. The fourth-order valence-electron chi connectivity index (χ4n) is 2.86. The van der Waals surface area contributed by atoms with Gasteiger partial charge in [-0.05, 0) is 11.5 Å². The third-order valence-corrected chi connectivity index (χ3v) is 5.23. The molecule has 3 rings (SSSR count). The van der Waals surface area contributed by atoms with Crippen molar-refractivity contribution >= 4 is 17.9 Å². The van der Waals surface area contributed by atoms with Crippen molar-refractivity contribution in [3.05, 3.63) is 23.8 Å². The minimum atomic E-state index is -0.819. The molecule has 2 unspecified atom stereocenters. The van der Waals surface area contributed by atoms with E-state index in [1.54, 1.807) is 6.26 Å². The number of rotatable bonds is 0. The molecule has 0 aromatic heterocycles. The van der Waals surface area contributed by atoms with Crippen LogP contribution in [0.15, 0.2) is 23.8 Å². The number of carbonyl (C=O) groups is 1. The maximum Gasteiger partial charge on any atom is 0.407 e. The molecular weight excluding hydrogens is 238 g/mol. The Morgan fingerprint density at radius 2 is 2.18 bits per heavy atom. The van der Waals surface area contributed by atoms with Gasteiger partial charge in [-0.3, -0.25) is 0 Å². The van der Waals surface area contributed by atoms with Gasteiger partial charge in [-0.15, -0.1) is 11.8 Å². The quantitative estimate of drug-likeness (QED) is 0.719. The Morgan fingerprint density at radius 1 is 1.41 bits per heavy atom. The summed E-state index contributed by atoms with van der Waals surface area (Å²) < 4.78 is 5.89. The second-order valence-electron chi connectivity index (χ2n) is 4.74. The number of allylic oxidation sites excluding steroid dienone is 2. The topological polar surface area (TPSA) is 49.8 Å². The van der Waals surface area contributed by atoms with E-state index in [1.165, 1.54) is 4.90 Å². The van der Waals surface area contributed by atoms with Crippen molar-refractivity contribution < 1.29 is 14.6 Å². The number of carboxylic acid groups (broad SMARTS) is 1. The lowest BCUT2D eigenvalue weighted by Crippen LogP contribution is -2.54. The van der Waals surface area contributed by atoms with Crippen LogP contribution in [-0.2, 0) is 4.74 Å². The van der Waals surface area contributed by atoms with Crippen LogP contribution in [0.3, 0.4) is 0 Å². The van der Waals surface area contributed by atoms with Gasteiger partial charge in [-0.25, -0.2) is 4.79 Å². The van der Waals surface area contributed by atoms with Crippen LogP contribution >= 0.6 is 11.8 Å². The van der Waals surface area contributed by atoms with Crippen molar-refractivity contribution in [2.24, 2.45) is 5.92 Å². The summed E-state index contributed by atoms with van der Waals surface area (Å²) >= 11 is 1.82. The highest BCUT2D eigenvalue weighted by atomic mass is 32.2. The van der Waals surface area contributed by atoms with Crippen molar-refractivity contribution in [1.29, 1.82) is 0 Å². The van der Waals surface area contributed by atoms with Crippen molar-refractivity contribution in [1.82, 2.24) is 4.90 Å². The zero-order valence-electron chi connectivity index (χ0n) is 9.41. The predicted octanol–water partition coefficient (Wildman–Crippen LogP) is 2.29. The smallest absolute Gasteiger partial charge is 0.407 e. The molecule has 92 valence electrons. The first-order valence-corrected chi connectivity index (χ1v) is 6.80. The van der Waals surface area contributed by atoms with Crippen LogP contribution in [0.5, 0.6) is 0 Å². The summed E-state index contributed by atoms with van der Waals surface area (Å²) in [5, 5.41) is 11.5. The van der Waals surface area contributed by atoms with Gasteiger partial charge in [0, 0.05) is 31.8 Å². The van der Waals surface area contributed by atoms with E-state index in [0.29, 0.717) is 24.3 Å². The van der Waals surface area contributed by atoms with Crippen LogP contribution in [0.25, 0.3) is 0 Å². The van der Waals surface area contributed by atoms with Gasteiger partial charge in [0.1, 0.15) is 5.60 Å². The van der Waals surface area contributed by atoms with Gasteiger partial charge in [0.15, 0.2) is 0 Å². The maximum absolute atomic E-state index is 10.9. The number of hydrogen-bond acceptors (Lipinski definition) is 3. The van der Waals surface area contributed by atoms with Crippen LogP contribution in [0.2, 0.25) is 0 Å². The number of hydrogen-bond donors (Lipinski definition) is 1. The number of fused-ring (bicyclic) bond motifs is 2. The highest BCUT2D eigenvalue weighted by Crippen LogP contribution is 2.47. The molecule has 3 heterocycles. The normalized spacial score (nSPS) is 33.5. The predicted molar refractivity (Wildman–Crippen MR) is 65.8 cm³/mol. The Hall–Kier alpha value is -1.10. The van der Waals surface area contributed by atoms with Crippen LogP contribution in [0.1, 0.15) is 12.8 Å². The van der Waals surface area contributed by atoms with E-state index >= 15 is 0 Å². The first kappa shape index (κ1) is 11.0. The first-order chi connectivity index (χ1) is 8.21. The average molecular weight is 253 g/mol. The average Bonchev–Trinajstić information content (AvgIpc) is 2.80. The van der Waals surface area contributed by atoms with E-state index in [9.17, 15) is 4.79 Å². The molecule has 4 nitrogen and oxygen atoms in total.